The summed E-state index contributed by atoms with van der Waals surface area (Å²) in [5.41, 5.74) is 2.80. The van der Waals surface area contributed by atoms with Gasteiger partial charge < -0.3 is 34.7 Å². The highest BCUT2D eigenvalue weighted by atomic mass is 17.2. The van der Waals surface area contributed by atoms with Gasteiger partial charge in [-0.15, -0.1) is 0 Å². The van der Waals surface area contributed by atoms with Gasteiger partial charge in [0.05, 0.1) is 44.1 Å². The average Bonchev–Trinajstić information content (AvgIpc) is 3.14. The number of carboxylic acids is 1. The molecule has 0 aromatic heterocycles. The smallest absolute Gasteiger partial charge is 0.337 e. The molecule has 270 valence electrons. The molecule has 4 rings (SSSR count). The quantitative estimate of drug-likeness (QED) is 0.0528. The number of aromatic carboxylic acids is 1. The van der Waals surface area contributed by atoms with Crippen LogP contribution in [0.1, 0.15) is 56.0 Å². The minimum absolute atomic E-state index is 0.00890. The Morgan fingerprint density at radius 3 is 1.92 bits per heavy atom. The topological polar surface area (TPSA) is 188 Å². The van der Waals surface area contributed by atoms with Gasteiger partial charge in [-0.1, -0.05) is 26.0 Å². The Morgan fingerprint density at radius 1 is 0.765 bits per heavy atom. The van der Waals surface area contributed by atoms with E-state index in [2.05, 4.69) is 20.4 Å². The van der Waals surface area contributed by atoms with Crippen LogP contribution >= 0.6 is 0 Å². The zero-order chi connectivity index (χ0) is 37.4. The highest BCUT2D eigenvalue weighted by Crippen LogP contribution is 2.27. The summed E-state index contributed by atoms with van der Waals surface area (Å²) in [5.74, 6) is -1.07. The van der Waals surface area contributed by atoms with E-state index in [4.69, 9.17) is 29.1 Å². The molecule has 0 atom stereocenters. The van der Waals surface area contributed by atoms with Crippen molar-refractivity contribution in [2.45, 2.75) is 27.1 Å². The molecule has 14 heteroatoms. The number of carboxylic acid groups (broad SMARTS) is 1. The van der Waals surface area contributed by atoms with Crippen molar-refractivity contribution < 1.29 is 58.4 Å². The molecule has 14 nitrogen and oxygen atoms in total. The van der Waals surface area contributed by atoms with Crippen LogP contribution in [-0.2, 0) is 37.4 Å². The van der Waals surface area contributed by atoms with Gasteiger partial charge in [0.15, 0.2) is 0 Å². The second-order valence-electron chi connectivity index (χ2n) is 11.6. The molecule has 4 aromatic carbocycles. The number of amides is 1. The lowest BCUT2D eigenvalue weighted by molar-refractivity contribution is -0.282. The van der Waals surface area contributed by atoms with Crippen LogP contribution in [-0.4, -0.2) is 62.4 Å². The van der Waals surface area contributed by atoms with E-state index in [0.29, 0.717) is 52.8 Å². The third kappa shape index (κ3) is 11.9. The van der Waals surface area contributed by atoms with E-state index in [-0.39, 0.29) is 29.8 Å². The first-order valence-electron chi connectivity index (χ1n) is 15.3. The fourth-order valence-electron chi connectivity index (χ4n) is 4.54. The second kappa shape index (κ2) is 19.4. The first kappa shape index (κ1) is 39.6. The van der Waals surface area contributed by atoms with Crippen LogP contribution in [0.3, 0.4) is 0 Å². The zero-order valence-electron chi connectivity index (χ0n) is 28.6. The highest BCUT2D eigenvalue weighted by molar-refractivity contribution is 6.10. The lowest BCUT2D eigenvalue weighted by Crippen LogP contribution is -2.28. The maximum atomic E-state index is 13.0. The lowest BCUT2D eigenvalue weighted by atomic mass is 9.96. The summed E-state index contributed by atoms with van der Waals surface area (Å²) in [5, 5.41) is 24.4. The van der Waals surface area contributed by atoms with Crippen molar-refractivity contribution in [1.29, 1.82) is 0 Å². The molecule has 0 aliphatic carbocycles. The van der Waals surface area contributed by atoms with E-state index >= 15 is 0 Å². The average molecular weight is 705 g/mol. The predicted molar refractivity (Wildman–Crippen MR) is 186 cm³/mol. The number of carbonyl (C=O) groups is 4. The molecule has 0 saturated carbocycles. The van der Waals surface area contributed by atoms with Crippen LogP contribution in [0.5, 0.6) is 11.5 Å². The molecule has 0 aliphatic heterocycles. The monoisotopic (exact) mass is 704 g/mol. The van der Waals surface area contributed by atoms with Crippen LogP contribution in [0.2, 0.25) is 0 Å². The number of hydrogen-bond acceptors (Lipinski definition) is 12. The third-order valence-corrected chi connectivity index (χ3v) is 7.16. The number of methoxy groups -OCH3 is 1. The van der Waals surface area contributed by atoms with Crippen molar-refractivity contribution in [2.75, 3.05) is 38.1 Å². The largest absolute Gasteiger partial charge is 0.493 e. The minimum Gasteiger partial charge on any atom is -0.493 e. The van der Waals surface area contributed by atoms with Crippen LogP contribution in [0.15, 0.2) is 84.9 Å². The summed E-state index contributed by atoms with van der Waals surface area (Å²) in [6, 6.07) is 23.2. The Morgan fingerprint density at radius 2 is 1.37 bits per heavy atom. The van der Waals surface area contributed by atoms with Crippen LogP contribution in [0, 0.1) is 5.41 Å². The van der Waals surface area contributed by atoms with Crippen LogP contribution in [0.25, 0.3) is 0 Å². The van der Waals surface area contributed by atoms with E-state index in [1.54, 1.807) is 48.5 Å². The molecule has 0 unspecified atom stereocenters. The zero-order valence-corrected chi connectivity index (χ0v) is 28.6. The molecule has 0 aliphatic rings. The molecule has 1 amide bonds. The molecule has 0 fully saturated rings. The van der Waals surface area contributed by atoms with Gasteiger partial charge in [0, 0.05) is 28.0 Å². The molecule has 4 aromatic rings. The molecular formula is C37H40N2O12. The maximum absolute atomic E-state index is 13.0. The van der Waals surface area contributed by atoms with Crippen LogP contribution < -0.4 is 20.1 Å². The van der Waals surface area contributed by atoms with E-state index in [9.17, 15) is 19.5 Å². The van der Waals surface area contributed by atoms with E-state index in [1.807, 2.05) is 44.9 Å². The summed E-state index contributed by atoms with van der Waals surface area (Å²) in [7, 11) is 2.66. The Balaban J connectivity index is 0.00000345. The van der Waals surface area contributed by atoms with Crippen molar-refractivity contribution in [3.8, 4) is 11.5 Å². The number of rotatable bonds is 17. The van der Waals surface area contributed by atoms with Crippen LogP contribution in [0.4, 0.5) is 17.1 Å². The molecule has 0 heterocycles. The van der Waals surface area contributed by atoms with Gasteiger partial charge in [-0.2, -0.15) is 0 Å². The number of esters is 1. The number of nitrogens with one attached hydrogen (secondary N) is 2. The maximum Gasteiger partial charge on any atom is 0.337 e. The highest BCUT2D eigenvalue weighted by Gasteiger charge is 2.21. The number of carbonyl (C=O) groups excluding carboxylic acids is 3. The van der Waals surface area contributed by atoms with Gasteiger partial charge in [0.1, 0.15) is 31.5 Å². The Bertz CT molecular complexity index is 1760. The molecule has 0 saturated heterocycles. The summed E-state index contributed by atoms with van der Waals surface area (Å²) in [4.78, 5) is 58.4. The summed E-state index contributed by atoms with van der Waals surface area (Å²) in [6.45, 7) is 6.68. The SMILES string of the molecule is C=O.COOCc1ccc(C(=O)O)c(C(=O)Nc2ccc(OCC(C)(C)COc3ccc(Nc4cc(C(=O)OC)ccc4COO)cc3)cc2)c1. The number of benzene rings is 4. The first-order chi connectivity index (χ1) is 24.5. The number of anilines is 3. The van der Waals surface area contributed by atoms with Gasteiger partial charge >= 0.3 is 11.9 Å². The van der Waals surface area contributed by atoms with Gasteiger partial charge in [-0.3, -0.25) is 10.1 Å². The van der Waals surface area contributed by atoms with Crippen molar-refractivity contribution in [3.05, 3.63) is 113 Å². The van der Waals surface area contributed by atoms with Crippen molar-refractivity contribution >= 4 is 41.7 Å². The van der Waals surface area contributed by atoms with Crippen molar-refractivity contribution in [2.24, 2.45) is 5.41 Å². The summed E-state index contributed by atoms with van der Waals surface area (Å²) < 4.78 is 16.8. The lowest BCUT2D eigenvalue weighted by Gasteiger charge is -2.25. The fraction of sp³-hybridized carbons (Fsp3) is 0.243. The van der Waals surface area contributed by atoms with Gasteiger partial charge in [-0.25, -0.2) is 24.3 Å². The van der Waals surface area contributed by atoms with Crippen molar-refractivity contribution in [3.63, 3.8) is 0 Å². The Labute approximate surface area is 294 Å². The van der Waals surface area contributed by atoms with Gasteiger partial charge in [0.25, 0.3) is 5.91 Å². The summed E-state index contributed by atoms with van der Waals surface area (Å²) >= 11 is 0. The third-order valence-electron chi connectivity index (χ3n) is 7.16. The first-order valence-corrected chi connectivity index (χ1v) is 15.3. The normalized spacial score (nSPS) is 10.7. The minimum atomic E-state index is -1.22. The molecular weight excluding hydrogens is 664 g/mol. The van der Waals surface area contributed by atoms with E-state index in [0.717, 1.165) is 5.69 Å². The number of hydrogen-bond donors (Lipinski definition) is 4. The molecule has 0 spiro atoms. The molecule has 51 heavy (non-hydrogen) atoms. The molecule has 0 radical (unpaired) electrons. The van der Waals surface area contributed by atoms with E-state index in [1.165, 1.54) is 26.4 Å². The predicted octanol–water partition coefficient (Wildman–Crippen LogP) is 6.53. The standard InChI is InChI=1S/C36H38N2O11.CH2O/c1-36(2,21-46-28-12-8-26(9-13-28)37-32-18-24(35(42)44-3)6-7-25(32)20-48-43)22-47-29-14-10-27(11-15-29)38-33(39)31-17-23(19-49-45-4)5-16-30(31)34(40)41;1-2/h5-18,37,43H,19-22H2,1-4H3,(H,38,39)(H,40,41);1H2. The Hall–Kier alpha value is -5.80. The number of ether oxygens (including phenoxy) is 3. The van der Waals surface area contributed by atoms with Gasteiger partial charge in [0.2, 0.25) is 0 Å². The van der Waals surface area contributed by atoms with E-state index < -0.39 is 17.8 Å². The Kier molecular flexibility index (Phi) is 15.1. The van der Waals surface area contributed by atoms with Gasteiger partial charge in [-0.05, 0) is 78.4 Å². The molecule has 4 N–H and O–H groups in total. The molecule has 0 bridgehead atoms. The summed E-state index contributed by atoms with van der Waals surface area (Å²) in [6.07, 6.45) is 0. The second-order valence-corrected chi connectivity index (χ2v) is 11.6. The fourth-order valence-corrected chi connectivity index (χ4v) is 4.54. The van der Waals surface area contributed by atoms with Crippen molar-refractivity contribution in [1.82, 2.24) is 0 Å².